The Labute approximate surface area is 146 Å². The van der Waals surface area contributed by atoms with E-state index >= 15 is 0 Å². The number of ether oxygens (including phenoxy) is 1. The first-order valence-electron chi connectivity index (χ1n) is 7.74. The third kappa shape index (κ3) is 4.81. The minimum absolute atomic E-state index is 0.527. The average Bonchev–Trinajstić information content (AvgIpc) is 3.01. The first-order valence-corrected chi connectivity index (χ1v) is 8.11. The second kappa shape index (κ2) is 7.95. The van der Waals surface area contributed by atoms with E-state index in [9.17, 15) is 0 Å². The van der Waals surface area contributed by atoms with Crippen LogP contribution in [0.15, 0.2) is 48.5 Å². The van der Waals surface area contributed by atoms with Crippen LogP contribution in [0.3, 0.4) is 0 Å². The molecule has 0 spiro atoms. The number of rotatable bonds is 7. The zero-order chi connectivity index (χ0) is 16.8. The van der Waals surface area contributed by atoms with Crippen LogP contribution in [-0.4, -0.2) is 15.2 Å². The quantitative estimate of drug-likeness (QED) is 0.688. The monoisotopic (exact) mass is 342 g/mol. The molecule has 0 saturated carbocycles. The highest BCUT2D eigenvalue weighted by Gasteiger charge is 2.00. The van der Waals surface area contributed by atoms with Crippen LogP contribution in [0.2, 0.25) is 5.02 Å². The van der Waals surface area contributed by atoms with Crippen molar-refractivity contribution >= 4 is 11.6 Å². The summed E-state index contributed by atoms with van der Waals surface area (Å²) in [5.41, 5.74) is 2.27. The Morgan fingerprint density at radius 3 is 2.38 bits per heavy atom. The Morgan fingerprint density at radius 2 is 1.71 bits per heavy atom. The molecular formula is C18H19ClN4O. The minimum atomic E-state index is 0.527. The van der Waals surface area contributed by atoms with Crippen LogP contribution in [0.1, 0.15) is 22.8 Å². The number of nitrogens with zero attached hydrogens (tertiary/aromatic N) is 2. The van der Waals surface area contributed by atoms with E-state index in [1.807, 2.05) is 55.5 Å². The van der Waals surface area contributed by atoms with Gasteiger partial charge in [0.05, 0.1) is 6.54 Å². The summed E-state index contributed by atoms with van der Waals surface area (Å²) in [6.45, 7) is 3.81. The topological polar surface area (TPSA) is 62.8 Å². The molecule has 5 nitrogen and oxygen atoms in total. The van der Waals surface area contributed by atoms with Crippen LogP contribution >= 0.6 is 11.6 Å². The van der Waals surface area contributed by atoms with Gasteiger partial charge in [-0.3, -0.25) is 5.10 Å². The number of H-pyrrole nitrogens is 1. The molecule has 0 unspecified atom stereocenters. The molecule has 0 bridgehead atoms. The van der Waals surface area contributed by atoms with Crippen molar-refractivity contribution in [3.8, 4) is 5.75 Å². The molecule has 0 aliphatic rings. The first-order chi connectivity index (χ1) is 11.7. The number of hydrogen-bond donors (Lipinski definition) is 2. The van der Waals surface area contributed by atoms with Crippen LogP contribution in [0.25, 0.3) is 0 Å². The number of aryl methyl sites for hydroxylation is 1. The summed E-state index contributed by atoms with van der Waals surface area (Å²) in [4.78, 5) is 4.26. The predicted molar refractivity (Wildman–Crippen MR) is 93.9 cm³/mol. The fourth-order valence-electron chi connectivity index (χ4n) is 2.24. The van der Waals surface area contributed by atoms with E-state index in [1.54, 1.807) is 0 Å². The predicted octanol–water partition coefficient (Wildman–Crippen LogP) is 3.64. The largest absolute Gasteiger partial charge is 0.489 e. The van der Waals surface area contributed by atoms with Gasteiger partial charge >= 0.3 is 0 Å². The van der Waals surface area contributed by atoms with Crippen molar-refractivity contribution in [1.82, 2.24) is 20.5 Å². The van der Waals surface area contributed by atoms with Gasteiger partial charge in [-0.2, -0.15) is 5.10 Å². The molecule has 2 N–H and O–H groups in total. The van der Waals surface area contributed by atoms with Gasteiger partial charge in [0, 0.05) is 11.6 Å². The smallest absolute Gasteiger partial charge is 0.164 e. The van der Waals surface area contributed by atoms with Gasteiger partial charge in [0.25, 0.3) is 0 Å². The fourth-order valence-corrected chi connectivity index (χ4v) is 2.36. The lowest BCUT2D eigenvalue weighted by atomic mass is 10.2. The maximum atomic E-state index is 5.87. The highest BCUT2D eigenvalue weighted by atomic mass is 35.5. The summed E-state index contributed by atoms with van der Waals surface area (Å²) >= 11 is 5.87. The maximum absolute atomic E-state index is 5.87. The second-order valence-corrected chi connectivity index (χ2v) is 5.94. The number of benzene rings is 2. The molecule has 0 saturated heterocycles. The van der Waals surface area contributed by atoms with E-state index in [0.717, 1.165) is 34.5 Å². The Bertz CT molecular complexity index is 768. The normalized spacial score (nSPS) is 10.8. The average molecular weight is 343 g/mol. The molecule has 0 aliphatic heterocycles. The molecule has 6 heteroatoms. The van der Waals surface area contributed by atoms with Gasteiger partial charge in [-0.1, -0.05) is 35.9 Å². The van der Waals surface area contributed by atoms with Crippen molar-refractivity contribution in [2.45, 2.75) is 26.6 Å². The number of aromatic nitrogens is 3. The third-order valence-corrected chi connectivity index (χ3v) is 3.75. The van der Waals surface area contributed by atoms with Crippen LogP contribution < -0.4 is 10.1 Å². The molecule has 0 radical (unpaired) electrons. The lowest BCUT2D eigenvalue weighted by Gasteiger charge is -2.08. The molecule has 0 atom stereocenters. The summed E-state index contributed by atoms with van der Waals surface area (Å²) in [5.74, 6) is 2.45. The minimum Gasteiger partial charge on any atom is -0.489 e. The molecule has 3 rings (SSSR count). The van der Waals surface area contributed by atoms with Crippen LogP contribution in [0.4, 0.5) is 0 Å². The van der Waals surface area contributed by atoms with E-state index in [-0.39, 0.29) is 0 Å². The van der Waals surface area contributed by atoms with Crippen LogP contribution in [0, 0.1) is 6.92 Å². The summed E-state index contributed by atoms with van der Waals surface area (Å²) in [5, 5.41) is 11.0. The van der Waals surface area contributed by atoms with Crippen molar-refractivity contribution in [3.05, 3.63) is 76.3 Å². The van der Waals surface area contributed by atoms with Gasteiger partial charge in [0.1, 0.15) is 18.2 Å². The SMILES string of the molecule is Cc1nc(CNCc2ccc(OCc3ccc(Cl)cc3)cc2)n[nH]1. The summed E-state index contributed by atoms with van der Waals surface area (Å²) in [6, 6.07) is 15.7. The van der Waals surface area contributed by atoms with Crippen molar-refractivity contribution in [1.29, 1.82) is 0 Å². The number of aromatic amines is 1. The molecule has 0 amide bonds. The fraction of sp³-hybridized carbons (Fsp3) is 0.222. The van der Waals surface area contributed by atoms with Crippen molar-refractivity contribution < 1.29 is 4.74 Å². The number of hydrogen-bond acceptors (Lipinski definition) is 4. The van der Waals surface area contributed by atoms with Crippen LogP contribution in [-0.2, 0) is 19.7 Å². The molecule has 124 valence electrons. The molecule has 0 aliphatic carbocycles. The van der Waals surface area contributed by atoms with Crippen LogP contribution in [0.5, 0.6) is 5.75 Å². The van der Waals surface area contributed by atoms with Crippen molar-refractivity contribution in [3.63, 3.8) is 0 Å². The zero-order valence-electron chi connectivity index (χ0n) is 13.4. The Kier molecular flexibility index (Phi) is 5.46. The standard InChI is InChI=1S/C18H19ClN4O/c1-13-21-18(23-22-13)11-20-10-14-4-8-17(9-5-14)24-12-15-2-6-16(19)7-3-15/h2-9,20H,10-12H2,1H3,(H,21,22,23). The number of halogens is 1. The maximum Gasteiger partial charge on any atom is 0.164 e. The zero-order valence-corrected chi connectivity index (χ0v) is 14.2. The lowest BCUT2D eigenvalue weighted by molar-refractivity contribution is 0.306. The van der Waals surface area contributed by atoms with E-state index in [2.05, 4.69) is 20.5 Å². The highest BCUT2D eigenvalue weighted by molar-refractivity contribution is 6.30. The number of nitrogens with one attached hydrogen (secondary N) is 2. The molecule has 2 aromatic carbocycles. The lowest BCUT2D eigenvalue weighted by Crippen LogP contribution is -2.13. The van der Waals surface area contributed by atoms with Gasteiger partial charge in [0.15, 0.2) is 5.82 Å². The molecule has 0 fully saturated rings. The molecule has 1 heterocycles. The summed E-state index contributed by atoms with van der Waals surface area (Å²) < 4.78 is 5.78. The highest BCUT2D eigenvalue weighted by Crippen LogP contribution is 2.15. The summed E-state index contributed by atoms with van der Waals surface area (Å²) in [6.07, 6.45) is 0. The van der Waals surface area contributed by atoms with E-state index in [4.69, 9.17) is 16.3 Å². The van der Waals surface area contributed by atoms with Crippen molar-refractivity contribution in [2.75, 3.05) is 0 Å². The second-order valence-electron chi connectivity index (χ2n) is 5.50. The van der Waals surface area contributed by atoms with Gasteiger partial charge in [-0.15, -0.1) is 0 Å². The Morgan fingerprint density at radius 1 is 1.00 bits per heavy atom. The van der Waals surface area contributed by atoms with E-state index < -0.39 is 0 Å². The third-order valence-electron chi connectivity index (χ3n) is 3.50. The van der Waals surface area contributed by atoms with Gasteiger partial charge < -0.3 is 10.1 Å². The Balaban J connectivity index is 1.45. The molecule has 24 heavy (non-hydrogen) atoms. The van der Waals surface area contributed by atoms with Crippen molar-refractivity contribution in [2.24, 2.45) is 0 Å². The van der Waals surface area contributed by atoms with Gasteiger partial charge in [-0.25, -0.2) is 4.98 Å². The summed E-state index contributed by atoms with van der Waals surface area (Å²) in [7, 11) is 0. The first kappa shape index (κ1) is 16.5. The molecule has 1 aromatic heterocycles. The van der Waals surface area contributed by atoms with Gasteiger partial charge in [-0.05, 0) is 42.3 Å². The van der Waals surface area contributed by atoms with Gasteiger partial charge in [0.2, 0.25) is 0 Å². The molecule has 3 aromatic rings. The Hall–Kier alpha value is -2.37. The van der Waals surface area contributed by atoms with E-state index in [1.165, 1.54) is 5.56 Å². The van der Waals surface area contributed by atoms with E-state index in [0.29, 0.717) is 13.2 Å². The molecular weight excluding hydrogens is 324 g/mol.